The zero-order valence-corrected chi connectivity index (χ0v) is 24.1. The first-order valence-corrected chi connectivity index (χ1v) is 14.8. The van der Waals surface area contributed by atoms with Crippen LogP contribution in [0.2, 0.25) is 0 Å². The lowest BCUT2D eigenvalue weighted by atomic mass is 9.95. The van der Waals surface area contributed by atoms with Gasteiger partial charge in [0.15, 0.2) is 0 Å². The first-order chi connectivity index (χ1) is 18.6. The summed E-state index contributed by atoms with van der Waals surface area (Å²) in [4.78, 5) is 28.5. The van der Waals surface area contributed by atoms with Crippen LogP contribution in [0.25, 0.3) is 0 Å². The lowest BCUT2D eigenvalue weighted by Gasteiger charge is -2.33. The molecule has 10 nitrogen and oxygen atoms in total. The molecule has 1 unspecified atom stereocenters. The Hall–Kier alpha value is -3.47. The molecule has 1 atom stereocenters. The van der Waals surface area contributed by atoms with Crippen molar-refractivity contribution in [1.29, 1.82) is 0 Å². The summed E-state index contributed by atoms with van der Waals surface area (Å²) in [5.74, 6) is 0.577. The fourth-order valence-corrected chi connectivity index (χ4v) is 5.52. The third kappa shape index (κ3) is 8.01. The van der Waals surface area contributed by atoms with Gasteiger partial charge in [0.2, 0.25) is 21.8 Å². The third-order valence-corrected chi connectivity index (χ3v) is 8.09. The summed E-state index contributed by atoms with van der Waals surface area (Å²) >= 11 is 0. The van der Waals surface area contributed by atoms with Gasteiger partial charge in [-0.05, 0) is 49.6 Å². The summed E-state index contributed by atoms with van der Waals surface area (Å²) in [5, 5.41) is 3.09. The van der Waals surface area contributed by atoms with E-state index in [1.807, 2.05) is 12.1 Å². The molecule has 0 saturated heterocycles. The van der Waals surface area contributed by atoms with Crippen LogP contribution in [0, 0.1) is 0 Å². The van der Waals surface area contributed by atoms with Crippen LogP contribution in [0.1, 0.15) is 44.6 Å². The Labute approximate surface area is 231 Å². The predicted octanol–water partition coefficient (Wildman–Crippen LogP) is 3.34. The maximum absolute atomic E-state index is 13.8. The zero-order valence-electron chi connectivity index (χ0n) is 23.3. The van der Waals surface area contributed by atoms with E-state index in [-0.39, 0.29) is 29.9 Å². The second kappa shape index (κ2) is 13.5. The molecule has 0 radical (unpaired) electrons. The van der Waals surface area contributed by atoms with E-state index in [1.54, 1.807) is 38.3 Å². The van der Waals surface area contributed by atoms with Crippen LogP contribution in [0.5, 0.6) is 17.2 Å². The fourth-order valence-electron chi connectivity index (χ4n) is 4.66. The summed E-state index contributed by atoms with van der Waals surface area (Å²) in [5.41, 5.74) is 0.965. The Morgan fingerprint density at radius 1 is 0.949 bits per heavy atom. The van der Waals surface area contributed by atoms with Crippen molar-refractivity contribution in [3.8, 4) is 17.2 Å². The number of amides is 2. The molecule has 0 spiro atoms. The van der Waals surface area contributed by atoms with Crippen LogP contribution in [-0.2, 0) is 26.2 Å². The molecule has 214 valence electrons. The van der Waals surface area contributed by atoms with Crippen LogP contribution in [-0.4, -0.2) is 71.3 Å². The van der Waals surface area contributed by atoms with Crippen molar-refractivity contribution in [2.75, 3.05) is 38.4 Å². The van der Waals surface area contributed by atoms with E-state index in [9.17, 15) is 18.0 Å². The Morgan fingerprint density at radius 2 is 1.56 bits per heavy atom. The van der Waals surface area contributed by atoms with Crippen molar-refractivity contribution < 1.29 is 32.2 Å². The maximum Gasteiger partial charge on any atom is 0.244 e. The molecule has 1 aliphatic carbocycles. The molecule has 1 fully saturated rings. The number of benzene rings is 2. The van der Waals surface area contributed by atoms with E-state index in [1.165, 1.54) is 25.2 Å². The number of anilines is 1. The summed E-state index contributed by atoms with van der Waals surface area (Å²) in [6.07, 6.45) is 6.10. The average Bonchev–Trinajstić information content (AvgIpc) is 2.94. The smallest absolute Gasteiger partial charge is 0.244 e. The van der Waals surface area contributed by atoms with E-state index in [0.29, 0.717) is 11.5 Å². The number of hydrogen-bond acceptors (Lipinski definition) is 7. The molecular formula is C28H39N3O7S. The van der Waals surface area contributed by atoms with Crippen molar-refractivity contribution in [3.05, 3.63) is 48.0 Å². The molecule has 0 bridgehead atoms. The Morgan fingerprint density at radius 3 is 2.13 bits per heavy atom. The van der Waals surface area contributed by atoms with Gasteiger partial charge in [-0.25, -0.2) is 8.42 Å². The highest BCUT2D eigenvalue weighted by Crippen LogP contribution is 2.33. The molecule has 1 aliphatic rings. The Bertz CT molecular complexity index is 1230. The second-order valence-electron chi connectivity index (χ2n) is 9.70. The van der Waals surface area contributed by atoms with Gasteiger partial charge < -0.3 is 24.4 Å². The highest BCUT2D eigenvalue weighted by molar-refractivity contribution is 7.92. The van der Waals surface area contributed by atoms with Crippen molar-refractivity contribution in [2.45, 2.75) is 57.7 Å². The van der Waals surface area contributed by atoms with Crippen molar-refractivity contribution >= 4 is 27.5 Å². The van der Waals surface area contributed by atoms with Gasteiger partial charge in [0.05, 0.1) is 33.3 Å². The normalized spacial score (nSPS) is 14.7. The number of carbonyl (C=O) groups excluding carboxylic acids is 2. The number of nitrogens with zero attached hydrogens (tertiary/aromatic N) is 2. The van der Waals surface area contributed by atoms with E-state index < -0.39 is 28.5 Å². The summed E-state index contributed by atoms with van der Waals surface area (Å²) in [6, 6.07) is 11.1. The number of nitrogens with one attached hydrogen (secondary N) is 1. The number of carbonyl (C=O) groups is 2. The molecule has 0 aliphatic heterocycles. The molecule has 1 N–H and O–H groups in total. The van der Waals surface area contributed by atoms with Crippen LogP contribution in [0.4, 0.5) is 5.69 Å². The van der Waals surface area contributed by atoms with Crippen molar-refractivity contribution in [2.24, 2.45) is 0 Å². The predicted molar refractivity (Wildman–Crippen MR) is 150 cm³/mol. The standard InChI is InChI=1S/C28H39N3O7S/c1-20(28(33)29-22-9-7-6-8-10-22)30(18-21-11-13-23(36-2)14-12-21)27(32)19-31(39(5,34)35)25-16-15-24(37-3)17-26(25)38-4/h11-17,20,22H,6-10,18-19H2,1-5H3,(H,29,33). The molecule has 3 rings (SSSR count). The highest BCUT2D eigenvalue weighted by Gasteiger charge is 2.32. The monoisotopic (exact) mass is 561 g/mol. The zero-order chi connectivity index (χ0) is 28.6. The Kier molecular flexibility index (Phi) is 10.4. The van der Waals surface area contributed by atoms with E-state index in [2.05, 4.69) is 5.32 Å². The maximum atomic E-state index is 13.8. The van der Waals surface area contributed by atoms with Gasteiger partial charge >= 0.3 is 0 Å². The molecular weight excluding hydrogens is 522 g/mol. The minimum absolute atomic E-state index is 0.0720. The van der Waals surface area contributed by atoms with Crippen molar-refractivity contribution in [1.82, 2.24) is 10.2 Å². The fraction of sp³-hybridized carbons (Fsp3) is 0.500. The minimum Gasteiger partial charge on any atom is -0.497 e. The van der Waals surface area contributed by atoms with Gasteiger partial charge in [0.1, 0.15) is 29.8 Å². The number of ether oxygens (including phenoxy) is 3. The molecule has 11 heteroatoms. The van der Waals surface area contributed by atoms with Gasteiger partial charge in [0.25, 0.3) is 0 Å². The number of hydrogen-bond donors (Lipinski definition) is 1. The molecule has 2 aromatic carbocycles. The number of methoxy groups -OCH3 is 3. The minimum atomic E-state index is -3.90. The number of sulfonamides is 1. The third-order valence-electron chi connectivity index (χ3n) is 6.97. The van der Waals surface area contributed by atoms with E-state index in [0.717, 1.165) is 48.2 Å². The summed E-state index contributed by atoms with van der Waals surface area (Å²) in [6.45, 7) is 1.26. The van der Waals surface area contributed by atoms with Crippen LogP contribution < -0.4 is 23.8 Å². The topological polar surface area (TPSA) is 114 Å². The van der Waals surface area contributed by atoms with Crippen LogP contribution in [0.15, 0.2) is 42.5 Å². The molecule has 0 heterocycles. The van der Waals surface area contributed by atoms with Crippen LogP contribution >= 0.6 is 0 Å². The quantitative estimate of drug-likeness (QED) is 0.423. The average molecular weight is 562 g/mol. The Balaban J connectivity index is 1.92. The molecule has 1 saturated carbocycles. The van der Waals surface area contributed by atoms with Gasteiger partial charge in [-0.2, -0.15) is 0 Å². The van der Waals surface area contributed by atoms with Gasteiger partial charge in [0, 0.05) is 18.7 Å². The lowest BCUT2D eigenvalue weighted by molar-refractivity contribution is -0.139. The summed E-state index contributed by atoms with van der Waals surface area (Å²) in [7, 11) is 0.564. The SMILES string of the molecule is COc1ccc(CN(C(=O)CN(c2ccc(OC)cc2OC)S(C)(=O)=O)C(C)C(=O)NC2CCCCC2)cc1. The van der Waals surface area contributed by atoms with E-state index >= 15 is 0 Å². The summed E-state index contributed by atoms with van der Waals surface area (Å²) < 4.78 is 42.6. The number of rotatable bonds is 12. The largest absolute Gasteiger partial charge is 0.497 e. The van der Waals surface area contributed by atoms with Gasteiger partial charge in [-0.3, -0.25) is 13.9 Å². The highest BCUT2D eigenvalue weighted by atomic mass is 32.2. The molecule has 2 aromatic rings. The lowest BCUT2D eigenvalue weighted by Crippen LogP contribution is -2.53. The van der Waals surface area contributed by atoms with Gasteiger partial charge in [-0.15, -0.1) is 0 Å². The van der Waals surface area contributed by atoms with E-state index in [4.69, 9.17) is 14.2 Å². The van der Waals surface area contributed by atoms with Gasteiger partial charge in [-0.1, -0.05) is 31.4 Å². The molecule has 0 aromatic heterocycles. The first-order valence-electron chi connectivity index (χ1n) is 13.0. The first kappa shape index (κ1) is 30.1. The van der Waals surface area contributed by atoms with Crippen molar-refractivity contribution in [3.63, 3.8) is 0 Å². The van der Waals surface area contributed by atoms with Crippen LogP contribution in [0.3, 0.4) is 0 Å². The second-order valence-corrected chi connectivity index (χ2v) is 11.6. The molecule has 39 heavy (non-hydrogen) atoms. The molecule has 2 amide bonds.